The highest BCUT2D eigenvalue weighted by molar-refractivity contribution is 6.43. The third kappa shape index (κ3) is 4.01. The van der Waals surface area contributed by atoms with Crippen LogP contribution in [0.25, 0.3) is 0 Å². The summed E-state index contributed by atoms with van der Waals surface area (Å²) in [7, 11) is 2.94. The number of nitrogens with zero attached hydrogens (tertiary/aromatic N) is 1. The van der Waals surface area contributed by atoms with Crippen molar-refractivity contribution in [2.24, 2.45) is 0 Å². The first-order chi connectivity index (χ1) is 12.4. The van der Waals surface area contributed by atoms with Crippen LogP contribution in [0.2, 0.25) is 0 Å². The van der Waals surface area contributed by atoms with E-state index in [0.29, 0.717) is 22.7 Å². The molecule has 0 spiro atoms. The number of nitrogens with one attached hydrogen (secondary N) is 1. The molecule has 2 aromatic rings. The lowest BCUT2D eigenvalue weighted by Crippen LogP contribution is -2.28. The fourth-order valence-corrected chi connectivity index (χ4v) is 2.59. The molecular formula is C20H20N2O4. The highest BCUT2D eigenvalue weighted by Crippen LogP contribution is 2.31. The Morgan fingerprint density at radius 1 is 1.04 bits per heavy atom. The van der Waals surface area contributed by atoms with Crippen molar-refractivity contribution in [3.8, 4) is 17.6 Å². The number of anilines is 1. The Hall–Kier alpha value is -3.33. The monoisotopic (exact) mass is 352 g/mol. The summed E-state index contributed by atoms with van der Waals surface area (Å²) in [5.41, 5.74) is 2.79. The first-order valence-corrected chi connectivity index (χ1v) is 7.95. The molecule has 6 heteroatoms. The van der Waals surface area contributed by atoms with Gasteiger partial charge in [0.2, 0.25) is 5.78 Å². The van der Waals surface area contributed by atoms with Gasteiger partial charge in [0.1, 0.15) is 5.92 Å². The predicted octanol–water partition coefficient (Wildman–Crippen LogP) is 3.14. The van der Waals surface area contributed by atoms with Gasteiger partial charge in [0.15, 0.2) is 11.5 Å². The van der Waals surface area contributed by atoms with Crippen LogP contribution in [0.5, 0.6) is 11.5 Å². The Morgan fingerprint density at radius 2 is 1.73 bits per heavy atom. The maximum Gasteiger partial charge on any atom is 0.293 e. The highest BCUT2D eigenvalue weighted by atomic mass is 16.5. The molecular weight excluding hydrogens is 332 g/mol. The number of rotatable bonds is 6. The van der Waals surface area contributed by atoms with Crippen LogP contribution >= 0.6 is 0 Å². The summed E-state index contributed by atoms with van der Waals surface area (Å²) in [4.78, 5) is 24.8. The number of methoxy groups -OCH3 is 2. The van der Waals surface area contributed by atoms with Crippen molar-refractivity contribution in [3.05, 3.63) is 53.1 Å². The van der Waals surface area contributed by atoms with Crippen LogP contribution in [0, 0.1) is 25.2 Å². The Balaban J connectivity index is 2.25. The summed E-state index contributed by atoms with van der Waals surface area (Å²) >= 11 is 0. The number of nitriles is 1. The standard InChI is InChI=1S/C20H20N2O4/c1-12-5-7-16(13(2)9-12)22-20(24)19(23)15(11-21)14-6-8-17(25-3)18(10-14)26-4/h5-10,15H,1-4H3,(H,22,24)/t15-/m1/s1. The van der Waals surface area contributed by atoms with Crippen LogP contribution in [-0.4, -0.2) is 25.9 Å². The van der Waals surface area contributed by atoms with E-state index in [1.807, 2.05) is 32.0 Å². The first kappa shape index (κ1) is 19.0. The van der Waals surface area contributed by atoms with Crippen molar-refractivity contribution in [1.82, 2.24) is 0 Å². The maximum atomic E-state index is 12.5. The zero-order valence-corrected chi connectivity index (χ0v) is 15.1. The van der Waals surface area contributed by atoms with Gasteiger partial charge in [-0.3, -0.25) is 9.59 Å². The normalized spacial score (nSPS) is 11.2. The quantitative estimate of drug-likeness (QED) is 0.807. The van der Waals surface area contributed by atoms with Gasteiger partial charge in [0.05, 0.1) is 20.3 Å². The van der Waals surface area contributed by atoms with Gasteiger partial charge in [-0.25, -0.2) is 0 Å². The van der Waals surface area contributed by atoms with Gasteiger partial charge in [0, 0.05) is 5.69 Å². The Bertz CT molecular complexity index is 884. The molecule has 0 bridgehead atoms. The van der Waals surface area contributed by atoms with Gasteiger partial charge in [-0.05, 0) is 43.2 Å². The smallest absolute Gasteiger partial charge is 0.293 e. The lowest BCUT2D eigenvalue weighted by molar-refractivity contribution is -0.135. The van der Waals surface area contributed by atoms with E-state index in [1.54, 1.807) is 18.2 Å². The molecule has 134 valence electrons. The van der Waals surface area contributed by atoms with Crippen molar-refractivity contribution in [2.75, 3.05) is 19.5 Å². The van der Waals surface area contributed by atoms with E-state index in [-0.39, 0.29) is 0 Å². The van der Waals surface area contributed by atoms with E-state index in [2.05, 4.69) is 5.32 Å². The number of benzene rings is 2. The van der Waals surface area contributed by atoms with E-state index in [4.69, 9.17) is 9.47 Å². The Kier molecular flexibility index (Phi) is 5.97. The van der Waals surface area contributed by atoms with E-state index >= 15 is 0 Å². The van der Waals surface area contributed by atoms with Crippen molar-refractivity contribution >= 4 is 17.4 Å². The number of ketones is 1. The van der Waals surface area contributed by atoms with Crippen LogP contribution in [0.1, 0.15) is 22.6 Å². The third-order valence-corrected chi connectivity index (χ3v) is 3.99. The van der Waals surface area contributed by atoms with Crippen molar-refractivity contribution in [1.29, 1.82) is 5.26 Å². The van der Waals surface area contributed by atoms with Crippen molar-refractivity contribution in [3.63, 3.8) is 0 Å². The molecule has 0 fully saturated rings. The van der Waals surface area contributed by atoms with E-state index in [0.717, 1.165) is 11.1 Å². The summed E-state index contributed by atoms with van der Waals surface area (Å²) in [6, 6.07) is 12.0. The second-order valence-corrected chi connectivity index (χ2v) is 5.81. The molecule has 6 nitrogen and oxygen atoms in total. The fourth-order valence-electron chi connectivity index (χ4n) is 2.59. The molecule has 0 aliphatic carbocycles. The van der Waals surface area contributed by atoms with Crippen molar-refractivity contribution in [2.45, 2.75) is 19.8 Å². The minimum absolute atomic E-state index is 0.367. The van der Waals surface area contributed by atoms with E-state index in [9.17, 15) is 14.9 Å². The average molecular weight is 352 g/mol. The van der Waals surface area contributed by atoms with E-state index < -0.39 is 17.6 Å². The highest BCUT2D eigenvalue weighted by Gasteiger charge is 2.28. The van der Waals surface area contributed by atoms with Gasteiger partial charge in [-0.2, -0.15) is 5.26 Å². The van der Waals surface area contributed by atoms with Crippen LogP contribution in [0.3, 0.4) is 0 Å². The number of aryl methyl sites for hydroxylation is 2. The zero-order valence-electron chi connectivity index (χ0n) is 15.1. The largest absolute Gasteiger partial charge is 0.493 e. The lowest BCUT2D eigenvalue weighted by atomic mass is 9.95. The molecule has 2 aromatic carbocycles. The molecule has 26 heavy (non-hydrogen) atoms. The molecule has 0 saturated carbocycles. The SMILES string of the molecule is COc1ccc([C@@H](C#N)C(=O)C(=O)Nc2ccc(C)cc2C)cc1OC. The molecule has 0 aliphatic heterocycles. The van der Waals surface area contributed by atoms with Gasteiger partial charge in [-0.1, -0.05) is 23.8 Å². The lowest BCUT2D eigenvalue weighted by Gasteiger charge is -2.13. The molecule has 0 unspecified atom stereocenters. The molecule has 1 N–H and O–H groups in total. The van der Waals surface area contributed by atoms with Gasteiger partial charge in [0.25, 0.3) is 5.91 Å². The minimum atomic E-state index is -1.24. The fraction of sp³-hybridized carbons (Fsp3) is 0.250. The third-order valence-electron chi connectivity index (χ3n) is 3.99. The molecule has 0 radical (unpaired) electrons. The number of Topliss-reactive ketones (excluding diaryl/α,β-unsaturated/α-hetero) is 1. The second kappa shape index (κ2) is 8.17. The number of ether oxygens (including phenoxy) is 2. The molecule has 0 aliphatic rings. The van der Waals surface area contributed by atoms with Crippen molar-refractivity contribution < 1.29 is 19.1 Å². The summed E-state index contributed by atoms with van der Waals surface area (Å²) < 4.78 is 10.3. The number of carbonyl (C=O) groups excluding carboxylic acids is 2. The van der Waals surface area contributed by atoms with Crippen LogP contribution < -0.4 is 14.8 Å². The number of amides is 1. The van der Waals surface area contributed by atoms with Crippen LogP contribution in [0.4, 0.5) is 5.69 Å². The predicted molar refractivity (Wildman–Crippen MR) is 97.5 cm³/mol. The second-order valence-electron chi connectivity index (χ2n) is 5.81. The molecule has 0 aromatic heterocycles. The minimum Gasteiger partial charge on any atom is -0.493 e. The van der Waals surface area contributed by atoms with E-state index in [1.165, 1.54) is 20.3 Å². The summed E-state index contributed by atoms with van der Waals surface area (Å²) in [5, 5.41) is 12.0. The van der Waals surface area contributed by atoms with Gasteiger partial charge < -0.3 is 14.8 Å². The number of hydrogen-bond acceptors (Lipinski definition) is 5. The average Bonchev–Trinajstić information content (AvgIpc) is 2.64. The molecule has 1 amide bonds. The number of hydrogen-bond donors (Lipinski definition) is 1. The Morgan fingerprint density at radius 3 is 2.31 bits per heavy atom. The first-order valence-electron chi connectivity index (χ1n) is 7.95. The molecule has 1 atom stereocenters. The molecule has 2 rings (SSSR count). The maximum absolute atomic E-state index is 12.5. The molecule has 0 heterocycles. The summed E-state index contributed by atoms with van der Waals surface area (Å²) in [5.74, 6) is -2.05. The summed E-state index contributed by atoms with van der Waals surface area (Å²) in [6.07, 6.45) is 0. The van der Waals surface area contributed by atoms with Gasteiger partial charge >= 0.3 is 0 Å². The molecule has 0 saturated heterocycles. The van der Waals surface area contributed by atoms with Crippen LogP contribution in [0.15, 0.2) is 36.4 Å². The zero-order chi connectivity index (χ0) is 19.3. The van der Waals surface area contributed by atoms with Crippen LogP contribution in [-0.2, 0) is 9.59 Å². The van der Waals surface area contributed by atoms with Gasteiger partial charge in [-0.15, -0.1) is 0 Å². The Labute approximate surface area is 152 Å². The number of carbonyl (C=O) groups is 2. The summed E-state index contributed by atoms with van der Waals surface area (Å²) in [6.45, 7) is 3.77. The topological polar surface area (TPSA) is 88.4 Å².